The third-order valence-corrected chi connectivity index (χ3v) is 5.90. The molecule has 8 heteroatoms. The summed E-state index contributed by atoms with van der Waals surface area (Å²) in [7, 11) is 0. The number of nitrogens with one attached hydrogen (secondary N) is 2. The van der Waals surface area contributed by atoms with Gasteiger partial charge in [-0.05, 0) is 63.1 Å². The molecule has 1 aliphatic carbocycles. The maximum Gasteiger partial charge on any atom is 0.258 e. The molecule has 0 aliphatic heterocycles. The fourth-order valence-electron chi connectivity index (χ4n) is 2.93. The molecule has 0 spiro atoms. The summed E-state index contributed by atoms with van der Waals surface area (Å²) < 4.78 is 5.20. The van der Waals surface area contributed by atoms with Crippen molar-refractivity contribution < 1.29 is 14.1 Å². The second-order valence-electron chi connectivity index (χ2n) is 7.23. The largest absolute Gasteiger partial charge is 0.361 e. The predicted molar refractivity (Wildman–Crippen MR) is 115 cm³/mol. The zero-order valence-electron chi connectivity index (χ0n) is 16.8. The van der Waals surface area contributed by atoms with Gasteiger partial charge in [-0.3, -0.25) is 9.59 Å². The Labute approximate surface area is 178 Å². The monoisotopic (exact) mass is 422 g/mol. The zero-order chi connectivity index (χ0) is 21.1. The van der Waals surface area contributed by atoms with E-state index in [0.717, 1.165) is 29.9 Å². The SMILES string of the molecule is Cc1noc(C)c1CSc1ncccc1C(=O)Nc1ccc(C(=O)NC2CC2)cc1. The maximum absolute atomic E-state index is 12.8. The Balaban J connectivity index is 1.42. The Morgan fingerprint density at radius 2 is 1.90 bits per heavy atom. The van der Waals surface area contributed by atoms with Crippen molar-refractivity contribution in [2.45, 2.75) is 43.5 Å². The molecule has 7 nitrogen and oxygen atoms in total. The minimum absolute atomic E-state index is 0.0827. The Morgan fingerprint density at radius 1 is 1.13 bits per heavy atom. The molecule has 2 heterocycles. The minimum atomic E-state index is -0.250. The average molecular weight is 423 g/mol. The Kier molecular flexibility index (Phi) is 5.85. The Bertz CT molecular complexity index is 1050. The summed E-state index contributed by atoms with van der Waals surface area (Å²) in [5.41, 5.74) is 3.54. The molecule has 2 amide bonds. The first-order chi connectivity index (χ1) is 14.5. The summed E-state index contributed by atoms with van der Waals surface area (Å²) in [5, 5.41) is 10.4. The van der Waals surface area contributed by atoms with Crippen molar-refractivity contribution >= 4 is 29.3 Å². The molecule has 1 saturated carbocycles. The first-order valence-corrected chi connectivity index (χ1v) is 10.7. The van der Waals surface area contributed by atoms with Gasteiger partial charge in [0.2, 0.25) is 0 Å². The molecular formula is C22H22N4O3S. The van der Waals surface area contributed by atoms with E-state index in [1.54, 1.807) is 42.6 Å². The van der Waals surface area contributed by atoms with Crippen LogP contribution < -0.4 is 10.6 Å². The third-order valence-electron chi connectivity index (χ3n) is 4.87. The van der Waals surface area contributed by atoms with Crippen molar-refractivity contribution in [2.75, 3.05) is 5.32 Å². The van der Waals surface area contributed by atoms with E-state index >= 15 is 0 Å². The number of nitrogens with zero attached hydrogens (tertiary/aromatic N) is 2. The van der Waals surface area contributed by atoms with E-state index in [1.165, 1.54) is 11.8 Å². The molecule has 0 radical (unpaired) electrons. The number of rotatable bonds is 7. The fraction of sp³-hybridized carbons (Fsp3) is 0.273. The van der Waals surface area contributed by atoms with Crippen LogP contribution in [0, 0.1) is 13.8 Å². The van der Waals surface area contributed by atoms with E-state index in [-0.39, 0.29) is 11.8 Å². The van der Waals surface area contributed by atoms with Gasteiger partial charge in [0.15, 0.2) is 0 Å². The van der Waals surface area contributed by atoms with Crippen LogP contribution in [-0.2, 0) is 5.75 Å². The van der Waals surface area contributed by atoms with Gasteiger partial charge in [-0.15, -0.1) is 11.8 Å². The second kappa shape index (κ2) is 8.71. The van der Waals surface area contributed by atoms with E-state index in [2.05, 4.69) is 20.8 Å². The third kappa shape index (κ3) is 4.71. The van der Waals surface area contributed by atoms with Crippen LogP contribution in [0.1, 0.15) is 50.6 Å². The van der Waals surface area contributed by atoms with Gasteiger partial charge < -0.3 is 15.2 Å². The highest BCUT2D eigenvalue weighted by atomic mass is 32.2. The van der Waals surface area contributed by atoms with Crippen molar-refractivity contribution in [3.05, 3.63) is 70.7 Å². The van der Waals surface area contributed by atoms with Gasteiger partial charge >= 0.3 is 0 Å². The first-order valence-electron chi connectivity index (χ1n) is 9.73. The van der Waals surface area contributed by atoms with Gasteiger partial charge in [0.1, 0.15) is 10.8 Å². The molecule has 4 rings (SSSR count). The van der Waals surface area contributed by atoms with Crippen molar-refractivity contribution in [1.29, 1.82) is 0 Å². The van der Waals surface area contributed by atoms with Crippen LogP contribution >= 0.6 is 11.8 Å². The number of aromatic nitrogens is 2. The summed E-state index contributed by atoms with van der Waals surface area (Å²) in [5.74, 6) is 1.05. The molecule has 0 unspecified atom stereocenters. The lowest BCUT2D eigenvalue weighted by Gasteiger charge is -2.10. The number of hydrogen-bond donors (Lipinski definition) is 2. The zero-order valence-corrected chi connectivity index (χ0v) is 17.6. The molecule has 3 aromatic rings. The topological polar surface area (TPSA) is 97.1 Å². The molecule has 0 atom stereocenters. The standard InChI is InChI=1S/C22H22N4O3S/c1-13-19(14(2)29-26-13)12-30-22-18(4-3-11-23-22)21(28)25-16-7-5-15(6-8-16)20(27)24-17-9-10-17/h3-8,11,17H,9-10,12H2,1-2H3,(H,24,27)(H,25,28). The van der Waals surface area contributed by atoms with Gasteiger partial charge in [-0.2, -0.15) is 0 Å². The quantitative estimate of drug-likeness (QED) is 0.556. The number of carbonyl (C=O) groups excluding carboxylic acids is 2. The summed E-state index contributed by atoms with van der Waals surface area (Å²) in [6.07, 6.45) is 3.75. The van der Waals surface area contributed by atoms with E-state index in [1.807, 2.05) is 13.8 Å². The fourth-order valence-corrected chi connectivity index (χ4v) is 4.07. The highest BCUT2D eigenvalue weighted by molar-refractivity contribution is 7.98. The lowest BCUT2D eigenvalue weighted by molar-refractivity contribution is 0.0950. The van der Waals surface area contributed by atoms with Crippen molar-refractivity contribution in [2.24, 2.45) is 0 Å². The van der Waals surface area contributed by atoms with Crippen LogP contribution in [0.3, 0.4) is 0 Å². The van der Waals surface area contributed by atoms with Crippen molar-refractivity contribution in [3.8, 4) is 0 Å². The van der Waals surface area contributed by atoms with Crippen LogP contribution in [0.4, 0.5) is 5.69 Å². The van der Waals surface area contributed by atoms with Crippen LogP contribution in [-0.4, -0.2) is 28.0 Å². The number of aryl methyl sites for hydroxylation is 2. The second-order valence-corrected chi connectivity index (χ2v) is 8.19. The molecule has 2 aromatic heterocycles. The van der Waals surface area contributed by atoms with E-state index in [4.69, 9.17) is 4.52 Å². The number of carbonyl (C=O) groups is 2. The summed E-state index contributed by atoms with van der Waals surface area (Å²) in [6, 6.07) is 10.7. The Hall–Kier alpha value is -3.13. The van der Waals surface area contributed by atoms with Crippen LogP contribution in [0.2, 0.25) is 0 Å². The van der Waals surface area contributed by atoms with E-state index in [9.17, 15) is 9.59 Å². The van der Waals surface area contributed by atoms with Gasteiger partial charge in [-0.25, -0.2) is 4.98 Å². The van der Waals surface area contributed by atoms with Crippen molar-refractivity contribution in [1.82, 2.24) is 15.5 Å². The number of thioether (sulfide) groups is 1. The molecule has 0 saturated heterocycles. The molecule has 1 aromatic carbocycles. The summed E-state index contributed by atoms with van der Waals surface area (Å²) >= 11 is 1.47. The van der Waals surface area contributed by atoms with Gasteiger partial charge in [-0.1, -0.05) is 5.16 Å². The Morgan fingerprint density at radius 3 is 2.57 bits per heavy atom. The minimum Gasteiger partial charge on any atom is -0.361 e. The molecule has 30 heavy (non-hydrogen) atoms. The summed E-state index contributed by atoms with van der Waals surface area (Å²) in [6.45, 7) is 3.77. The lowest BCUT2D eigenvalue weighted by Crippen LogP contribution is -2.25. The van der Waals surface area contributed by atoms with Crippen LogP contribution in [0.15, 0.2) is 52.1 Å². The molecule has 2 N–H and O–H groups in total. The number of amides is 2. The highest BCUT2D eigenvalue weighted by Crippen LogP contribution is 2.27. The highest BCUT2D eigenvalue weighted by Gasteiger charge is 2.23. The lowest BCUT2D eigenvalue weighted by atomic mass is 10.2. The van der Waals surface area contributed by atoms with Gasteiger partial charge in [0.25, 0.3) is 11.8 Å². The molecular weight excluding hydrogens is 400 g/mol. The van der Waals surface area contributed by atoms with E-state index < -0.39 is 0 Å². The van der Waals surface area contributed by atoms with Gasteiger partial charge in [0.05, 0.1) is 11.3 Å². The summed E-state index contributed by atoms with van der Waals surface area (Å²) in [4.78, 5) is 29.3. The first kappa shape index (κ1) is 20.2. The molecule has 0 bridgehead atoms. The normalized spacial score (nSPS) is 13.1. The van der Waals surface area contributed by atoms with Crippen molar-refractivity contribution in [3.63, 3.8) is 0 Å². The van der Waals surface area contributed by atoms with Crippen LogP contribution in [0.5, 0.6) is 0 Å². The molecule has 1 aliphatic rings. The number of pyridine rings is 1. The average Bonchev–Trinajstić information content (AvgIpc) is 3.51. The van der Waals surface area contributed by atoms with Crippen LogP contribution in [0.25, 0.3) is 0 Å². The number of hydrogen-bond acceptors (Lipinski definition) is 6. The van der Waals surface area contributed by atoms with E-state index in [0.29, 0.717) is 33.6 Å². The molecule has 154 valence electrons. The molecule has 1 fully saturated rings. The van der Waals surface area contributed by atoms with Gasteiger partial charge in [0, 0.05) is 34.8 Å². The smallest absolute Gasteiger partial charge is 0.258 e. The number of anilines is 1. The maximum atomic E-state index is 12.8. The predicted octanol–water partition coefficient (Wildman–Crippen LogP) is 4.12. The number of benzene rings is 1.